The van der Waals surface area contributed by atoms with Gasteiger partial charge in [-0.2, -0.15) is 24.9 Å². The van der Waals surface area contributed by atoms with Crippen LogP contribution in [-0.2, 0) is 47.0 Å². The first-order valence-electron chi connectivity index (χ1n) is 24.8. The zero-order valence-electron chi connectivity index (χ0n) is 40.4. The van der Waals surface area contributed by atoms with Crippen molar-refractivity contribution in [1.29, 1.82) is 0 Å². The van der Waals surface area contributed by atoms with Gasteiger partial charge < -0.3 is 44.1 Å². The number of amides is 3. The van der Waals surface area contributed by atoms with Crippen molar-refractivity contribution in [2.45, 2.75) is 63.0 Å². The number of halogens is 3. The number of pyridine rings is 1. The van der Waals surface area contributed by atoms with Crippen molar-refractivity contribution in [2.24, 2.45) is 0 Å². The fraction of sp³-hybridized carbons (Fsp3) is 0.509. The highest BCUT2D eigenvalue weighted by atomic mass is 32.2. The number of anilines is 2. The second-order valence-corrected chi connectivity index (χ2v) is 18.9. The Kier molecular flexibility index (Phi) is 21.4. The quantitative estimate of drug-likeness (QED) is 0.0622. The number of ether oxygens (including phenoxy) is 5. The Labute approximate surface area is 419 Å². The topological polar surface area (TPSA) is 144 Å². The van der Waals surface area contributed by atoms with Crippen molar-refractivity contribution in [3.8, 4) is 11.3 Å². The molecule has 4 aromatic rings. The molecule has 2 N–H and O–H groups in total. The highest BCUT2D eigenvalue weighted by Crippen LogP contribution is 2.34. The molecule has 3 fully saturated rings. The van der Waals surface area contributed by atoms with Crippen molar-refractivity contribution in [1.82, 2.24) is 20.1 Å². The van der Waals surface area contributed by atoms with Crippen LogP contribution in [0.3, 0.4) is 0 Å². The molecular weight excluding hydrogens is 938 g/mol. The average molecular weight is 1010 g/mol. The van der Waals surface area contributed by atoms with Crippen molar-refractivity contribution in [2.75, 3.05) is 121 Å². The molecule has 18 heteroatoms. The normalized spacial score (nSPS) is 16.0. The smallest absolute Gasteiger partial charge is 0.379 e. The Morgan fingerprint density at radius 1 is 0.704 bits per heavy atom. The molecule has 1 aromatic heterocycles. The monoisotopic (exact) mass is 1000 g/mol. The summed E-state index contributed by atoms with van der Waals surface area (Å²) in [6, 6.07) is 21.9. The van der Waals surface area contributed by atoms with E-state index in [0.29, 0.717) is 99.1 Å². The SMILES string of the molecule is O=C(NCc1cccc(C(F)(F)F)c1)c1ccnc(-c2cc(N3CCCCC3)ccc2NC(=O)c2cccc(CSCCOCCOCCOCCOCCC(=O)N3CCC(N4CCOCC4)CC3)c2)c1. The molecule has 0 saturated carbocycles. The summed E-state index contributed by atoms with van der Waals surface area (Å²) in [6.45, 7) is 10.5. The first kappa shape index (κ1) is 53.7. The Morgan fingerprint density at radius 2 is 1.38 bits per heavy atom. The standard InChI is InChI=1S/C53H67F3N6O8S/c54-53(55,56)44-9-5-6-40(35-44)38-58-51(64)43-12-16-57-49(36-43)47-37-46(60-17-2-1-3-18-60)10-11-48(47)59-52(65)42-8-4-7-41(34-42)39-71-33-32-70-31-30-69-29-28-68-27-26-66-23-15-50(63)62-19-13-45(14-20-62)61-21-24-67-25-22-61/h4-12,16,34-37,45H,1-3,13-15,17-33,38-39H2,(H,58,64)(H,59,65). The van der Waals surface area contributed by atoms with Crippen LogP contribution < -0.4 is 15.5 Å². The maximum atomic E-state index is 13.8. The van der Waals surface area contributed by atoms with Crippen molar-refractivity contribution < 1.29 is 51.2 Å². The Balaban J connectivity index is 0.778. The number of likely N-dealkylation sites (tertiary alicyclic amines) is 1. The van der Waals surface area contributed by atoms with E-state index in [1.54, 1.807) is 30.0 Å². The van der Waals surface area contributed by atoms with Crippen molar-refractivity contribution in [3.05, 3.63) is 113 Å². The highest BCUT2D eigenvalue weighted by Gasteiger charge is 2.31. The number of aromatic nitrogens is 1. The number of carbonyl (C=O) groups excluding carboxylic acids is 3. The molecule has 71 heavy (non-hydrogen) atoms. The van der Waals surface area contributed by atoms with Crippen LogP contribution in [0.4, 0.5) is 24.5 Å². The zero-order valence-corrected chi connectivity index (χ0v) is 41.3. The second kappa shape index (κ2) is 28.2. The minimum atomic E-state index is -4.49. The molecule has 3 aliphatic heterocycles. The molecule has 0 spiro atoms. The number of nitrogens with one attached hydrogen (secondary N) is 2. The van der Waals surface area contributed by atoms with Gasteiger partial charge in [0.2, 0.25) is 5.91 Å². The van der Waals surface area contributed by atoms with Gasteiger partial charge in [-0.1, -0.05) is 24.3 Å². The fourth-order valence-corrected chi connectivity index (χ4v) is 9.67. The number of thioether (sulfide) groups is 1. The van der Waals surface area contributed by atoms with Gasteiger partial charge in [0.15, 0.2) is 0 Å². The lowest BCUT2D eigenvalue weighted by molar-refractivity contribution is -0.137. The average Bonchev–Trinajstić information content (AvgIpc) is 3.40. The minimum absolute atomic E-state index is 0.0907. The number of hydrogen-bond acceptors (Lipinski definition) is 12. The number of hydrogen-bond donors (Lipinski definition) is 2. The molecule has 3 aliphatic rings. The van der Waals surface area contributed by atoms with E-state index in [9.17, 15) is 27.6 Å². The van der Waals surface area contributed by atoms with Gasteiger partial charge in [-0.15, -0.1) is 0 Å². The molecule has 3 aromatic carbocycles. The summed E-state index contributed by atoms with van der Waals surface area (Å²) < 4.78 is 67.9. The molecular formula is C53H67F3N6O8S. The number of rotatable bonds is 25. The predicted octanol–water partition coefficient (Wildman–Crippen LogP) is 7.95. The summed E-state index contributed by atoms with van der Waals surface area (Å²) in [6.07, 6.45) is 2.76. The maximum Gasteiger partial charge on any atom is 0.416 e. The molecule has 0 radical (unpaired) electrons. The molecule has 4 heterocycles. The third-order valence-corrected chi connectivity index (χ3v) is 13.8. The fourth-order valence-electron chi connectivity index (χ4n) is 8.87. The van der Waals surface area contributed by atoms with Crippen LogP contribution in [0.25, 0.3) is 11.3 Å². The van der Waals surface area contributed by atoms with Gasteiger partial charge in [-0.05, 0) is 97.8 Å². The van der Waals surface area contributed by atoms with Gasteiger partial charge in [-0.25, -0.2) is 0 Å². The van der Waals surface area contributed by atoms with Crippen LogP contribution in [0.2, 0.25) is 0 Å². The third-order valence-electron chi connectivity index (χ3n) is 12.8. The number of benzene rings is 3. The predicted molar refractivity (Wildman–Crippen MR) is 269 cm³/mol. The van der Waals surface area contributed by atoms with E-state index in [4.69, 9.17) is 23.7 Å². The van der Waals surface area contributed by atoms with E-state index in [1.165, 1.54) is 18.3 Å². The van der Waals surface area contributed by atoms with Gasteiger partial charge in [0.05, 0.1) is 89.4 Å². The van der Waals surface area contributed by atoms with E-state index >= 15 is 0 Å². The molecule has 14 nitrogen and oxygen atoms in total. The van der Waals surface area contributed by atoms with E-state index in [2.05, 4.69) is 25.4 Å². The third kappa shape index (κ3) is 17.3. The number of morpholine rings is 1. The minimum Gasteiger partial charge on any atom is -0.379 e. The lowest BCUT2D eigenvalue weighted by atomic mass is 10.0. The molecule has 0 atom stereocenters. The highest BCUT2D eigenvalue weighted by molar-refractivity contribution is 7.98. The Morgan fingerprint density at radius 3 is 2.11 bits per heavy atom. The van der Waals surface area contributed by atoms with E-state index in [-0.39, 0.29) is 23.9 Å². The summed E-state index contributed by atoms with van der Waals surface area (Å²) in [7, 11) is 0. The molecule has 0 aliphatic carbocycles. The van der Waals surface area contributed by atoms with Gasteiger partial charge in [0, 0.05) is 91.9 Å². The largest absolute Gasteiger partial charge is 0.416 e. The first-order valence-corrected chi connectivity index (χ1v) is 25.9. The summed E-state index contributed by atoms with van der Waals surface area (Å²) in [5, 5.41) is 5.80. The molecule has 384 valence electrons. The molecule has 3 saturated heterocycles. The van der Waals surface area contributed by atoms with Crippen molar-refractivity contribution >= 4 is 40.9 Å². The van der Waals surface area contributed by atoms with E-state index < -0.39 is 17.6 Å². The van der Waals surface area contributed by atoms with Crippen LogP contribution in [0.5, 0.6) is 0 Å². The number of alkyl halides is 3. The maximum absolute atomic E-state index is 13.8. The summed E-state index contributed by atoms with van der Waals surface area (Å²) in [5.74, 6) is 0.845. The number of piperidine rings is 2. The second-order valence-electron chi connectivity index (χ2n) is 17.8. The molecule has 3 amide bonds. The molecule has 0 unspecified atom stereocenters. The van der Waals surface area contributed by atoms with Crippen LogP contribution in [0.15, 0.2) is 85.1 Å². The lowest BCUT2D eigenvalue weighted by Gasteiger charge is -2.40. The molecule has 0 bridgehead atoms. The van der Waals surface area contributed by atoms with E-state index in [0.717, 1.165) is 114 Å². The number of nitrogens with zero attached hydrogens (tertiary/aromatic N) is 4. The van der Waals surface area contributed by atoms with Crippen LogP contribution in [0, 0.1) is 0 Å². The lowest BCUT2D eigenvalue weighted by Crippen LogP contribution is -2.50. The van der Waals surface area contributed by atoms with Gasteiger partial charge in [0.25, 0.3) is 11.8 Å². The van der Waals surface area contributed by atoms with Gasteiger partial charge in [0.1, 0.15) is 0 Å². The van der Waals surface area contributed by atoms with Crippen LogP contribution in [-0.4, -0.2) is 150 Å². The van der Waals surface area contributed by atoms with Crippen LogP contribution in [0.1, 0.15) is 75.9 Å². The van der Waals surface area contributed by atoms with Gasteiger partial charge >= 0.3 is 6.18 Å². The van der Waals surface area contributed by atoms with E-state index in [1.807, 2.05) is 41.3 Å². The van der Waals surface area contributed by atoms with Crippen molar-refractivity contribution in [3.63, 3.8) is 0 Å². The summed E-state index contributed by atoms with van der Waals surface area (Å²) in [4.78, 5) is 51.1. The Bertz CT molecular complexity index is 2310. The summed E-state index contributed by atoms with van der Waals surface area (Å²) in [5.41, 5.74) is 3.90. The summed E-state index contributed by atoms with van der Waals surface area (Å²) >= 11 is 1.70. The Hall–Kier alpha value is -5.08. The van der Waals surface area contributed by atoms with Crippen LogP contribution >= 0.6 is 11.8 Å². The zero-order chi connectivity index (χ0) is 49.7. The number of carbonyl (C=O) groups is 3. The molecule has 7 rings (SSSR count). The first-order chi connectivity index (χ1) is 34.6. The van der Waals surface area contributed by atoms with Gasteiger partial charge in [-0.3, -0.25) is 24.3 Å².